The third-order valence-electron chi connectivity index (χ3n) is 5.34. The lowest BCUT2D eigenvalue weighted by Crippen LogP contribution is -2.60. The van der Waals surface area contributed by atoms with E-state index in [4.69, 9.17) is 59.2 Å². The van der Waals surface area contributed by atoms with Gasteiger partial charge in [0, 0.05) is 0 Å². The highest BCUT2D eigenvalue weighted by molar-refractivity contribution is 6.76. The SMILES string of the molecule is COc1ccc(COCC2OC(OC(=N)C(Cl)(Cl)Cl)C(NC(=O)C(F)(F)F)[C@@H](C)[C@H]2C)cc1. The van der Waals surface area contributed by atoms with Crippen LogP contribution in [0.2, 0.25) is 0 Å². The van der Waals surface area contributed by atoms with E-state index in [0.717, 1.165) is 5.56 Å². The Morgan fingerprint density at radius 1 is 1.15 bits per heavy atom. The molecule has 7 nitrogen and oxygen atoms in total. The Bertz CT molecular complexity index is 821. The maximum atomic E-state index is 12.8. The van der Waals surface area contributed by atoms with Gasteiger partial charge >= 0.3 is 12.1 Å². The summed E-state index contributed by atoms with van der Waals surface area (Å²) >= 11 is 16.9. The van der Waals surface area contributed by atoms with Crippen LogP contribution in [0.4, 0.5) is 13.2 Å². The molecule has 1 aromatic carbocycles. The highest BCUT2D eigenvalue weighted by Gasteiger charge is 2.48. The van der Waals surface area contributed by atoms with Crippen molar-refractivity contribution >= 4 is 46.6 Å². The van der Waals surface area contributed by atoms with Gasteiger partial charge in [-0.25, -0.2) is 0 Å². The fourth-order valence-electron chi connectivity index (χ4n) is 3.22. The van der Waals surface area contributed by atoms with Gasteiger partial charge in [0.1, 0.15) is 5.75 Å². The summed E-state index contributed by atoms with van der Waals surface area (Å²) in [6.45, 7) is 3.68. The van der Waals surface area contributed by atoms with Gasteiger partial charge in [0.25, 0.3) is 3.79 Å². The van der Waals surface area contributed by atoms with Gasteiger partial charge in [0.15, 0.2) is 0 Å². The first kappa shape index (κ1) is 27.8. The predicted molar refractivity (Wildman–Crippen MR) is 117 cm³/mol. The number of carbonyl (C=O) groups is 1. The first-order valence-electron chi connectivity index (χ1n) is 9.80. The summed E-state index contributed by atoms with van der Waals surface area (Å²) in [5.41, 5.74) is 0.869. The summed E-state index contributed by atoms with van der Waals surface area (Å²) in [6.07, 6.45) is -7.26. The number of methoxy groups -OCH3 is 1. The van der Waals surface area contributed by atoms with E-state index in [9.17, 15) is 18.0 Å². The third-order valence-corrected chi connectivity index (χ3v) is 5.86. The maximum absolute atomic E-state index is 12.8. The van der Waals surface area contributed by atoms with Crippen LogP contribution in [0.5, 0.6) is 5.75 Å². The molecule has 2 N–H and O–H groups in total. The molecule has 1 fully saturated rings. The molecular formula is C20H24Cl3F3N2O5. The number of hydrogen-bond acceptors (Lipinski definition) is 6. The van der Waals surface area contributed by atoms with Crippen molar-refractivity contribution in [3.63, 3.8) is 0 Å². The van der Waals surface area contributed by atoms with Crippen LogP contribution in [0, 0.1) is 17.2 Å². The lowest BCUT2D eigenvalue weighted by molar-refractivity contribution is -0.223. The first-order chi connectivity index (χ1) is 15.2. The minimum Gasteiger partial charge on any atom is -0.497 e. The summed E-state index contributed by atoms with van der Waals surface area (Å²) in [7, 11) is 1.56. The molecule has 0 spiro atoms. The van der Waals surface area contributed by atoms with Crippen LogP contribution in [0.25, 0.3) is 0 Å². The Morgan fingerprint density at radius 3 is 2.27 bits per heavy atom. The summed E-state index contributed by atoms with van der Waals surface area (Å²) in [6, 6.07) is 5.94. The minimum atomic E-state index is -5.12. The molecule has 33 heavy (non-hydrogen) atoms. The van der Waals surface area contributed by atoms with Crippen molar-refractivity contribution in [1.29, 1.82) is 5.41 Å². The maximum Gasteiger partial charge on any atom is 0.471 e. The van der Waals surface area contributed by atoms with Gasteiger partial charge in [-0.15, -0.1) is 0 Å². The Morgan fingerprint density at radius 2 is 1.76 bits per heavy atom. The van der Waals surface area contributed by atoms with Gasteiger partial charge in [0.2, 0.25) is 12.2 Å². The van der Waals surface area contributed by atoms with E-state index >= 15 is 0 Å². The molecule has 1 amide bonds. The monoisotopic (exact) mass is 534 g/mol. The molecule has 0 bridgehead atoms. The van der Waals surface area contributed by atoms with Crippen LogP contribution in [0.1, 0.15) is 19.4 Å². The molecule has 1 aliphatic heterocycles. The molecule has 1 aliphatic rings. The lowest BCUT2D eigenvalue weighted by atomic mass is 9.82. The van der Waals surface area contributed by atoms with Gasteiger partial charge in [-0.1, -0.05) is 60.8 Å². The number of nitrogens with one attached hydrogen (secondary N) is 2. The van der Waals surface area contributed by atoms with E-state index in [1.54, 1.807) is 33.1 Å². The van der Waals surface area contributed by atoms with Crippen molar-refractivity contribution in [2.75, 3.05) is 13.7 Å². The van der Waals surface area contributed by atoms with Gasteiger partial charge in [-0.3, -0.25) is 10.2 Å². The van der Waals surface area contributed by atoms with E-state index in [-0.39, 0.29) is 19.1 Å². The smallest absolute Gasteiger partial charge is 0.471 e. The van der Waals surface area contributed by atoms with Crippen LogP contribution < -0.4 is 10.1 Å². The van der Waals surface area contributed by atoms with Crippen molar-refractivity contribution in [1.82, 2.24) is 5.32 Å². The zero-order valence-electron chi connectivity index (χ0n) is 17.9. The molecule has 1 aromatic rings. The van der Waals surface area contributed by atoms with E-state index in [0.29, 0.717) is 5.75 Å². The van der Waals surface area contributed by atoms with Gasteiger partial charge in [-0.05, 0) is 29.5 Å². The number of carbonyl (C=O) groups excluding carboxylic acids is 1. The van der Waals surface area contributed by atoms with Gasteiger partial charge in [0.05, 0.1) is 32.5 Å². The highest BCUT2D eigenvalue weighted by Crippen LogP contribution is 2.35. The third kappa shape index (κ3) is 7.78. The fourth-order valence-corrected chi connectivity index (χ4v) is 3.35. The normalized spacial score (nSPS) is 25.9. The van der Waals surface area contributed by atoms with Crippen molar-refractivity contribution in [3.05, 3.63) is 29.8 Å². The molecule has 0 aliphatic carbocycles. The second-order valence-electron chi connectivity index (χ2n) is 7.57. The van der Waals surface area contributed by atoms with Crippen LogP contribution in [0.3, 0.4) is 0 Å². The van der Waals surface area contributed by atoms with E-state index in [2.05, 4.69) is 0 Å². The summed E-state index contributed by atoms with van der Waals surface area (Å²) < 4.78 is 58.1. The molecule has 0 radical (unpaired) electrons. The van der Waals surface area contributed by atoms with E-state index in [1.807, 2.05) is 17.4 Å². The van der Waals surface area contributed by atoms with Crippen molar-refractivity contribution in [3.8, 4) is 5.75 Å². The predicted octanol–water partition coefficient (Wildman–Crippen LogP) is 4.62. The molecule has 1 heterocycles. The van der Waals surface area contributed by atoms with E-state index < -0.39 is 46.1 Å². The van der Waals surface area contributed by atoms with Gasteiger partial charge in [-0.2, -0.15) is 13.2 Å². The fraction of sp³-hybridized carbons (Fsp3) is 0.600. The molecular weight excluding hydrogens is 512 g/mol. The largest absolute Gasteiger partial charge is 0.497 e. The molecule has 3 unspecified atom stereocenters. The van der Waals surface area contributed by atoms with Crippen molar-refractivity contribution in [2.45, 2.75) is 48.9 Å². The molecule has 5 atom stereocenters. The average molecular weight is 536 g/mol. The number of amides is 1. The van der Waals surface area contributed by atoms with E-state index in [1.165, 1.54) is 0 Å². The summed E-state index contributed by atoms with van der Waals surface area (Å²) in [4.78, 5) is 11.6. The topological polar surface area (TPSA) is 89.9 Å². The number of hydrogen-bond donors (Lipinski definition) is 2. The van der Waals surface area contributed by atoms with Crippen LogP contribution in [0.15, 0.2) is 24.3 Å². The molecule has 13 heteroatoms. The van der Waals surface area contributed by atoms with Crippen LogP contribution in [-0.4, -0.2) is 53.9 Å². The number of rotatable bonds is 7. The highest BCUT2D eigenvalue weighted by atomic mass is 35.6. The standard InChI is InChI=1S/C20H24Cl3F3N2O5/c1-10-11(2)15(28-18(29)20(24,25)26)16(33-17(27)19(21,22)23)32-14(10)9-31-8-12-4-6-13(30-3)7-5-12/h4-7,10-11,14-16,27H,8-9H2,1-3H3,(H,28,29)/t10-,11+,14?,15?,16?/m1/s1. The molecule has 186 valence electrons. The molecule has 0 aromatic heterocycles. The zero-order valence-corrected chi connectivity index (χ0v) is 20.2. The zero-order chi connectivity index (χ0) is 25.0. The number of alkyl halides is 6. The van der Waals surface area contributed by atoms with Crippen molar-refractivity contribution in [2.24, 2.45) is 11.8 Å². The first-order valence-corrected chi connectivity index (χ1v) is 10.9. The summed E-state index contributed by atoms with van der Waals surface area (Å²) in [5, 5.41) is 9.63. The molecule has 1 saturated heterocycles. The van der Waals surface area contributed by atoms with Gasteiger partial charge < -0.3 is 24.3 Å². The average Bonchev–Trinajstić information content (AvgIpc) is 2.73. The van der Waals surface area contributed by atoms with Crippen LogP contribution >= 0.6 is 34.8 Å². The number of halogens is 6. The number of benzene rings is 1. The Labute approximate surface area is 204 Å². The number of ether oxygens (including phenoxy) is 4. The second-order valence-corrected chi connectivity index (χ2v) is 9.85. The summed E-state index contributed by atoms with van der Waals surface area (Å²) in [5.74, 6) is -3.24. The minimum absolute atomic E-state index is 0.0679. The Balaban J connectivity index is 2.11. The molecule has 0 saturated carbocycles. The quantitative estimate of drug-likeness (QED) is 0.302. The van der Waals surface area contributed by atoms with Crippen molar-refractivity contribution < 1.29 is 36.9 Å². The lowest BCUT2D eigenvalue weighted by Gasteiger charge is -2.44. The molecule has 2 rings (SSSR count). The Kier molecular flexibility index (Phi) is 9.52. The second kappa shape index (κ2) is 11.3. The Hall–Kier alpha value is -1.46. The van der Waals surface area contributed by atoms with Crippen LogP contribution in [-0.2, 0) is 25.6 Å².